The molecule has 1 N–H and O–H groups in total. The average molecular weight is 226 g/mol. The SMILES string of the molecule is CC1CCC(CNC(C)C(=O)N(C)C)CC1. The van der Waals surface area contributed by atoms with Crippen LogP contribution in [0.3, 0.4) is 0 Å². The number of nitrogens with one attached hydrogen (secondary N) is 1. The molecule has 0 radical (unpaired) electrons. The van der Waals surface area contributed by atoms with Gasteiger partial charge in [-0.15, -0.1) is 0 Å². The largest absolute Gasteiger partial charge is 0.347 e. The zero-order chi connectivity index (χ0) is 12.1. The zero-order valence-electron chi connectivity index (χ0n) is 11.1. The number of nitrogens with zero attached hydrogens (tertiary/aromatic N) is 1. The molecule has 1 fully saturated rings. The molecule has 0 spiro atoms. The van der Waals surface area contributed by atoms with Gasteiger partial charge in [-0.25, -0.2) is 0 Å². The van der Waals surface area contributed by atoms with Crippen molar-refractivity contribution in [2.45, 2.75) is 45.6 Å². The molecule has 1 atom stereocenters. The normalized spacial score (nSPS) is 27.5. The standard InChI is InChI=1S/C13H26N2O/c1-10-5-7-12(8-6-10)9-14-11(2)13(16)15(3)4/h10-12,14H,5-9H2,1-4H3. The van der Waals surface area contributed by atoms with Crippen LogP contribution in [0.1, 0.15) is 39.5 Å². The van der Waals surface area contributed by atoms with Crippen LogP contribution in [0.4, 0.5) is 0 Å². The lowest BCUT2D eigenvalue weighted by Crippen LogP contribution is -2.43. The molecule has 1 amide bonds. The molecule has 1 aliphatic rings. The molecule has 0 aliphatic heterocycles. The van der Waals surface area contributed by atoms with Crippen molar-refractivity contribution in [3.05, 3.63) is 0 Å². The molecule has 1 unspecified atom stereocenters. The fourth-order valence-electron chi connectivity index (χ4n) is 2.35. The first kappa shape index (κ1) is 13.5. The van der Waals surface area contributed by atoms with Crippen LogP contribution < -0.4 is 5.32 Å². The second kappa shape index (κ2) is 6.24. The third-order valence-corrected chi connectivity index (χ3v) is 3.66. The van der Waals surface area contributed by atoms with E-state index >= 15 is 0 Å². The molecular formula is C13H26N2O. The Balaban J connectivity index is 2.21. The summed E-state index contributed by atoms with van der Waals surface area (Å²) in [5, 5.41) is 3.36. The van der Waals surface area contributed by atoms with E-state index in [9.17, 15) is 4.79 Å². The predicted octanol–water partition coefficient (Wildman–Crippen LogP) is 1.88. The Kier molecular flexibility index (Phi) is 5.26. The van der Waals surface area contributed by atoms with Gasteiger partial charge in [-0.3, -0.25) is 4.79 Å². The Hall–Kier alpha value is -0.570. The first-order valence-electron chi connectivity index (χ1n) is 6.45. The van der Waals surface area contributed by atoms with E-state index in [0.717, 1.165) is 18.4 Å². The summed E-state index contributed by atoms with van der Waals surface area (Å²) in [6.07, 6.45) is 5.33. The fourth-order valence-corrected chi connectivity index (χ4v) is 2.35. The molecule has 94 valence electrons. The lowest BCUT2D eigenvalue weighted by atomic mass is 9.83. The molecule has 16 heavy (non-hydrogen) atoms. The molecule has 0 aromatic carbocycles. The maximum absolute atomic E-state index is 11.6. The molecule has 0 aromatic rings. The summed E-state index contributed by atoms with van der Waals surface area (Å²) < 4.78 is 0. The molecule has 0 aromatic heterocycles. The van der Waals surface area contributed by atoms with Gasteiger partial charge in [0, 0.05) is 14.1 Å². The van der Waals surface area contributed by atoms with Crippen LogP contribution in [-0.2, 0) is 4.79 Å². The fraction of sp³-hybridized carbons (Fsp3) is 0.923. The Morgan fingerprint density at radius 3 is 2.38 bits per heavy atom. The molecule has 0 saturated heterocycles. The predicted molar refractivity (Wildman–Crippen MR) is 67.3 cm³/mol. The summed E-state index contributed by atoms with van der Waals surface area (Å²) in [6, 6.07) is -0.0469. The van der Waals surface area contributed by atoms with Crippen LogP contribution in [0, 0.1) is 11.8 Å². The summed E-state index contributed by atoms with van der Waals surface area (Å²) in [7, 11) is 3.62. The van der Waals surface area contributed by atoms with Crippen molar-refractivity contribution < 1.29 is 4.79 Å². The number of hydrogen-bond donors (Lipinski definition) is 1. The first-order chi connectivity index (χ1) is 7.50. The second-order valence-electron chi connectivity index (χ2n) is 5.49. The van der Waals surface area contributed by atoms with Gasteiger partial charge in [0.1, 0.15) is 0 Å². The van der Waals surface area contributed by atoms with Crippen LogP contribution >= 0.6 is 0 Å². The van der Waals surface area contributed by atoms with Crippen LogP contribution in [0.5, 0.6) is 0 Å². The molecule has 0 heterocycles. The Morgan fingerprint density at radius 1 is 1.31 bits per heavy atom. The van der Waals surface area contributed by atoms with E-state index in [0.29, 0.717) is 0 Å². The van der Waals surface area contributed by atoms with Gasteiger partial charge in [-0.2, -0.15) is 0 Å². The van der Waals surface area contributed by atoms with Crippen LogP contribution in [0.25, 0.3) is 0 Å². The summed E-state index contributed by atoms with van der Waals surface area (Å²) in [4.78, 5) is 13.3. The maximum atomic E-state index is 11.6. The van der Waals surface area contributed by atoms with Gasteiger partial charge < -0.3 is 10.2 Å². The summed E-state index contributed by atoms with van der Waals surface area (Å²) >= 11 is 0. The van der Waals surface area contributed by atoms with Crippen LogP contribution in [0.15, 0.2) is 0 Å². The highest BCUT2D eigenvalue weighted by Crippen LogP contribution is 2.27. The van der Waals surface area contributed by atoms with Crippen molar-refractivity contribution >= 4 is 5.91 Å². The van der Waals surface area contributed by atoms with Gasteiger partial charge in [0.25, 0.3) is 0 Å². The van der Waals surface area contributed by atoms with Crippen molar-refractivity contribution in [3.8, 4) is 0 Å². The van der Waals surface area contributed by atoms with Gasteiger partial charge in [-0.1, -0.05) is 19.8 Å². The molecular weight excluding hydrogens is 200 g/mol. The van der Waals surface area contributed by atoms with Crippen molar-refractivity contribution in [1.29, 1.82) is 0 Å². The van der Waals surface area contributed by atoms with E-state index in [4.69, 9.17) is 0 Å². The summed E-state index contributed by atoms with van der Waals surface area (Å²) in [6.45, 7) is 5.28. The number of rotatable bonds is 4. The first-order valence-corrected chi connectivity index (χ1v) is 6.45. The van der Waals surface area contributed by atoms with E-state index in [1.54, 1.807) is 4.90 Å². The molecule has 1 saturated carbocycles. The third-order valence-electron chi connectivity index (χ3n) is 3.66. The Bertz CT molecular complexity index is 220. The van der Waals surface area contributed by atoms with Crippen molar-refractivity contribution in [2.24, 2.45) is 11.8 Å². The number of carbonyl (C=O) groups excluding carboxylic acids is 1. The van der Waals surface area contributed by atoms with E-state index in [1.165, 1.54) is 25.7 Å². The van der Waals surface area contributed by atoms with Gasteiger partial charge in [0.2, 0.25) is 5.91 Å². The smallest absolute Gasteiger partial charge is 0.238 e. The molecule has 0 bridgehead atoms. The van der Waals surface area contributed by atoms with Crippen LogP contribution in [-0.4, -0.2) is 37.5 Å². The second-order valence-corrected chi connectivity index (χ2v) is 5.49. The highest BCUT2D eigenvalue weighted by atomic mass is 16.2. The minimum Gasteiger partial charge on any atom is -0.347 e. The number of hydrogen-bond acceptors (Lipinski definition) is 2. The number of likely N-dealkylation sites (N-methyl/N-ethyl adjacent to an activating group) is 1. The minimum atomic E-state index is -0.0469. The molecule has 1 rings (SSSR count). The lowest BCUT2D eigenvalue weighted by molar-refractivity contribution is -0.130. The van der Waals surface area contributed by atoms with E-state index in [2.05, 4.69) is 12.2 Å². The quantitative estimate of drug-likeness (QED) is 0.794. The van der Waals surface area contributed by atoms with Crippen LogP contribution in [0.2, 0.25) is 0 Å². The lowest BCUT2D eigenvalue weighted by Gasteiger charge is -2.27. The van der Waals surface area contributed by atoms with E-state index in [1.807, 2.05) is 21.0 Å². The van der Waals surface area contributed by atoms with E-state index < -0.39 is 0 Å². The minimum absolute atomic E-state index is 0.0469. The van der Waals surface area contributed by atoms with Gasteiger partial charge in [0.15, 0.2) is 0 Å². The van der Waals surface area contributed by atoms with Gasteiger partial charge in [0.05, 0.1) is 6.04 Å². The van der Waals surface area contributed by atoms with Crippen molar-refractivity contribution in [2.75, 3.05) is 20.6 Å². The van der Waals surface area contributed by atoms with Gasteiger partial charge >= 0.3 is 0 Å². The highest BCUT2D eigenvalue weighted by Gasteiger charge is 2.20. The molecule has 3 heteroatoms. The molecule has 3 nitrogen and oxygen atoms in total. The van der Waals surface area contributed by atoms with E-state index in [-0.39, 0.29) is 11.9 Å². The highest BCUT2D eigenvalue weighted by molar-refractivity contribution is 5.80. The van der Waals surface area contributed by atoms with Crippen molar-refractivity contribution in [1.82, 2.24) is 10.2 Å². The summed E-state index contributed by atoms with van der Waals surface area (Å²) in [5.74, 6) is 1.84. The maximum Gasteiger partial charge on any atom is 0.238 e. The number of amides is 1. The Labute approximate surface area is 99.6 Å². The number of carbonyl (C=O) groups is 1. The van der Waals surface area contributed by atoms with Gasteiger partial charge in [-0.05, 0) is 38.1 Å². The summed E-state index contributed by atoms with van der Waals surface area (Å²) in [5.41, 5.74) is 0. The topological polar surface area (TPSA) is 32.3 Å². The third kappa shape index (κ3) is 4.12. The average Bonchev–Trinajstić information content (AvgIpc) is 2.26. The monoisotopic (exact) mass is 226 g/mol. The Morgan fingerprint density at radius 2 is 1.88 bits per heavy atom. The van der Waals surface area contributed by atoms with Crippen molar-refractivity contribution in [3.63, 3.8) is 0 Å². The zero-order valence-corrected chi connectivity index (χ0v) is 11.1. The molecule has 1 aliphatic carbocycles.